The first-order valence-corrected chi connectivity index (χ1v) is 7.37. The van der Waals surface area contributed by atoms with E-state index in [1.54, 1.807) is 14.2 Å². The molecule has 110 valence electrons. The molecule has 0 aliphatic heterocycles. The van der Waals surface area contributed by atoms with Crippen LogP contribution in [0.15, 0.2) is 33.2 Å². The van der Waals surface area contributed by atoms with E-state index >= 15 is 0 Å². The van der Waals surface area contributed by atoms with Gasteiger partial charge in [0.05, 0.1) is 18.8 Å². The summed E-state index contributed by atoms with van der Waals surface area (Å²) in [7, 11) is 3.36. The Morgan fingerprint density at radius 3 is 2.80 bits per heavy atom. The maximum absolute atomic E-state index is 5.86. The Balaban J connectivity index is 2.01. The summed E-state index contributed by atoms with van der Waals surface area (Å²) in [6, 6.07) is 8.19. The third kappa shape index (κ3) is 3.82. The smallest absolute Gasteiger partial charge is 0.134 e. The SMILES string of the molecule is COCC(CNC(C)c1cc2cc(Br)ccc2o1)OC. The predicted octanol–water partition coefficient (Wildman–Crippen LogP) is 3.51. The van der Waals surface area contributed by atoms with Crippen LogP contribution in [0.5, 0.6) is 0 Å². The zero-order valence-corrected chi connectivity index (χ0v) is 13.6. The lowest BCUT2D eigenvalue weighted by Gasteiger charge is -2.17. The molecule has 0 bridgehead atoms. The minimum absolute atomic E-state index is 0.0426. The number of rotatable bonds is 7. The topological polar surface area (TPSA) is 43.6 Å². The summed E-state index contributed by atoms with van der Waals surface area (Å²) in [6.07, 6.45) is 0.0426. The molecule has 0 aliphatic rings. The van der Waals surface area contributed by atoms with E-state index in [2.05, 4.69) is 40.3 Å². The van der Waals surface area contributed by atoms with Crippen molar-refractivity contribution in [2.24, 2.45) is 0 Å². The van der Waals surface area contributed by atoms with E-state index in [4.69, 9.17) is 13.9 Å². The van der Waals surface area contributed by atoms with Crippen LogP contribution in [-0.2, 0) is 9.47 Å². The summed E-state index contributed by atoms with van der Waals surface area (Å²) in [6.45, 7) is 3.36. The number of fused-ring (bicyclic) bond motifs is 1. The fourth-order valence-corrected chi connectivity index (χ4v) is 2.43. The van der Waals surface area contributed by atoms with E-state index < -0.39 is 0 Å². The zero-order chi connectivity index (χ0) is 14.5. The number of ether oxygens (including phenoxy) is 2. The molecule has 0 radical (unpaired) electrons. The van der Waals surface area contributed by atoms with E-state index in [0.717, 1.165) is 21.2 Å². The molecule has 0 saturated carbocycles. The van der Waals surface area contributed by atoms with Crippen molar-refractivity contribution in [1.29, 1.82) is 0 Å². The van der Waals surface area contributed by atoms with Crippen molar-refractivity contribution in [3.8, 4) is 0 Å². The molecule has 0 saturated heterocycles. The molecular weight excluding hydrogens is 322 g/mol. The van der Waals surface area contributed by atoms with Gasteiger partial charge in [0.2, 0.25) is 0 Å². The average molecular weight is 342 g/mol. The molecule has 2 unspecified atom stereocenters. The Bertz CT molecular complexity index is 555. The lowest BCUT2D eigenvalue weighted by Crippen LogP contribution is -2.33. The first-order chi connectivity index (χ1) is 9.63. The summed E-state index contributed by atoms with van der Waals surface area (Å²) in [5, 5.41) is 4.50. The third-order valence-corrected chi connectivity index (χ3v) is 3.76. The van der Waals surface area contributed by atoms with Crippen LogP contribution in [0.4, 0.5) is 0 Å². The van der Waals surface area contributed by atoms with Crippen LogP contribution in [-0.4, -0.2) is 33.5 Å². The van der Waals surface area contributed by atoms with E-state index in [1.165, 1.54) is 0 Å². The van der Waals surface area contributed by atoms with Gasteiger partial charge < -0.3 is 19.2 Å². The largest absolute Gasteiger partial charge is 0.459 e. The van der Waals surface area contributed by atoms with Gasteiger partial charge >= 0.3 is 0 Å². The number of halogens is 1. The van der Waals surface area contributed by atoms with Crippen molar-refractivity contribution in [3.05, 3.63) is 34.5 Å². The predicted molar refractivity (Wildman–Crippen MR) is 83.0 cm³/mol. The van der Waals surface area contributed by atoms with Gasteiger partial charge in [-0.3, -0.25) is 0 Å². The van der Waals surface area contributed by atoms with Gasteiger partial charge in [0.15, 0.2) is 0 Å². The van der Waals surface area contributed by atoms with Gasteiger partial charge in [-0.25, -0.2) is 0 Å². The quantitative estimate of drug-likeness (QED) is 0.836. The van der Waals surface area contributed by atoms with E-state index in [9.17, 15) is 0 Å². The molecule has 1 N–H and O–H groups in total. The minimum Gasteiger partial charge on any atom is -0.459 e. The van der Waals surface area contributed by atoms with Crippen LogP contribution in [0, 0.1) is 0 Å². The average Bonchev–Trinajstić information content (AvgIpc) is 2.86. The normalized spacial score (nSPS) is 14.6. The van der Waals surface area contributed by atoms with Gasteiger partial charge in [0, 0.05) is 30.6 Å². The highest BCUT2D eigenvalue weighted by atomic mass is 79.9. The summed E-state index contributed by atoms with van der Waals surface area (Å²) in [5.74, 6) is 0.922. The lowest BCUT2D eigenvalue weighted by molar-refractivity contribution is 0.0273. The first-order valence-electron chi connectivity index (χ1n) is 6.58. The molecule has 1 aromatic heterocycles. The first kappa shape index (κ1) is 15.5. The van der Waals surface area contributed by atoms with Crippen molar-refractivity contribution in [2.75, 3.05) is 27.4 Å². The second-order valence-electron chi connectivity index (χ2n) is 4.77. The fraction of sp³-hybridized carbons (Fsp3) is 0.467. The Kier molecular flexibility index (Phi) is 5.60. The highest BCUT2D eigenvalue weighted by molar-refractivity contribution is 9.10. The van der Waals surface area contributed by atoms with Crippen LogP contribution in [0.25, 0.3) is 11.0 Å². The zero-order valence-electron chi connectivity index (χ0n) is 12.0. The molecule has 1 aromatic carbocycles. The van der Waals surface area contributed by atoms with Crippen molar-refractivity contribution in [1.82, 2.24) is 5.32 Å². The molecule has 0 fully saturated rings. The minimum atomic E-state index is 0.0426. The maximum Gasteiger partial charge on any atom is 0.134 e. The van der Waals surface area contributed by atoms with E-state index in [-0.39, 0.29) is 12.1 Å². The van der Waals surface area contributed by atoms with Crippen LogP contribution in [0.3, 0.4) is 0 Å². The number of methoxy groups -OCH3 is 2. The number of furan rings is 1. The molecule has 0 amide bonds. The molecule has 0 spiro atoms. The van der Waals surface area contributed by atoms with Crippen LogP contribution < -0.4 is 5.32 Å². The van der Waals surface area contributed by atoms with Crippen LogP contribution >= 0.6 is 15.9 Å². The molecule has 0 aliphatic carbocycles. The second-order valence-corrected chi connectivity index (χ2v) is 5.69. The van der Waals surface area contributed by atoms with Crippen molar-refractivity contribution < 1.29 is 13.9 Å². The van der Waals surface area contributed by atoms with Gasteiger partial charge in [0.1, 0.15) is 11.3 Å². The lowest BCUT2D eigenvalue weighted by atomic mass is 10.2. The molecule has 2 rings (SSSR count). The van der Waals surface area contributed by atoms with Crippen LogP contribution in [0.2, 0.25) is 0 Å². The molecular formula is C15H20BrNO3. The standard InChI is InChI=1S/C15H20BrNO3/c1-10(17-8-13(19-3)9-18-2)15-7-11-6-12(16)4-5-14(11)20-15/h4-7,10,13,17H,8-9H2,1-3H3. The maximum atomic E-state index is 5.86. The van der Waals surface area contributed by atoms with E-state index in [0.29, 0.717) is 13.2 Å². The Labute approximate surface area is 127 Å². The molecule has 2 aromatic rings. The summed E-state index contributed by atoms with van der Waals surface area (Å²) in [4.78, 5) is 0. The number of hydrogen-bond acceptors (Lipinski definition) is 4. The summed E-state index contributed by atoms with van der Waals surface area (Å²) >= 11 is 3.47. The van der Waals surface area contributed by atoms with E-state index in [1.807, 2.05) is 12.1 Å². The molecule has 4 nitrogen and oxygen atoms in total. The Morgan fingerprint density at radius 2 is 2.10 bits per heavy atom. The fourth-order valence-electron chi connectivity index (χ4n) is 2.05. The molecule has 20 heavy (non-hydrogen) atoms. The van der Waals surface area contributed by atoms with Crippen molar-refractivity contribution in [3.63, 3.8) is 0 Å². The second kappa shape index (κ2) is 7.22. The summed E-state index contributed by atoms with van der Waals surface area (Å²) < 4.78 is 17.3. The molecule has 5 heteroatoms. The van der Waals surface area contributed by atoms with Gasteiger partial charge in [-0.1, -0.05) is 15.9 Å². The summed E-state index contributed by atoms with van der Waals surface area (Å²) in [5.41, 5.74) is 0.900. The van der Waals surface area contributed by atoms with Crippen molar-refractivity contribution >= 4 is 26.9 Å². The monoisotopic (exact) mass is 341 g/mol. The van der Waals surface area contributed by atoms with Crippen molar-refractivity contribution in [2.45, 2.75) is 19.1 Å². The van der Waals surface area contributed by atoms with Gasteiger partial charge in [-0.15, -0.1) is 0 Å². The Morgan fingerprint density at radius 1 is 1.30 bits per heavy atom. The third-order valence-electron chi connectivity index (χ3n) is 3.26. The number of benzene rings is 1. The van der Waals surface area contributed by atoms with Crippen LogP contribution in [0.1, 0.15) is 18.7 Å². The molecule has 1 heterocycles. The number of hydrogen-bond donors (Lipinski definition) is 1. The van der Waals surface area contributed by atoms with Gasteiger partial charge in [0.25, 0.3) is 0 Å². The highest BCUT2D eigenvalue weighted by Crippen LogP contribution is 2.26. The van der Waals surface area contributed by atoms with Gasteiger partial charge in [-0.05, 0) is 31.2 Å². The van der Waals surface area contributed by atoms with Gasteiger partial charge in [-0.2, -0.15) is 0 Å². The Hall–Kier alpha value is -0.880. The molecule has 2 atom stereocenters. The number of nitrogens with one attached hydrogen (secondary N) is 1. The highest BCUT2D eigenvalue weighted by Gasteiger charge is 2.14.